The first-order chi connectivity index (χ1) is 9.79. The van der Waals surface area contributed by atoms with Gasteiger partial charge < -0.3 is 10.0 Å². The van der Waals surface area contributed by atoms with Gasteiger partial charge in [0.05, 0.1) is 11.3 Å². The third kappa shape index (κ3) is 3.81. The predicted molar refractivity (Wildman–Crippen MR) is 79.7 cm³/mol. The molecule has 1 heterocycles. The maximum atomic E-state index is 12.4. The van der Waals surface area contributed by atoms with Crippen molar-refractivity contribution in [3.05, 3.63) is 35.4 Å². The molecule has 1 aromatic carbocycles. The molecule has 0 saturated carbocycles. The molecule has 1 fully saturated rings. The summed E-state index contributed by atoms with van der Waals surface area (Å²) in [5.41, 5.74) is 0.607. The molecule has 116 valence electrons. The van der Waals surface area contributed by atoms with E-state index in [4.69, 9.17) is 5.11 Å². The number of benzene rings is 1. The minimum absolute atomic E-state index is 0.106. The maximum absolute atomic E-state index is 12.4. The molecule has 0 aliphatic carbocycles. The van der Waals surface area contributed by atoms with E-state index in [2.05, 4.69) is 4.90 Å². The summed E-state index contributed by atoms with van der Waals surface area (Å²) in [6, 6.07) is 6.26. The predicted octanol–water partition coefficient (Wildman–Crippen LogP) is 0.851. The van der Waals surface area contributed by atoms with Gasteiger partial charge in [-0.05, 0) is 31.7 Å². The minimum Gasteiger partial charge on any atom is -0.478 e. The monoisotopic (exact) mass is 312 g/mol. The zero-order chi connectivity index (χ0) is 15.6. The van der Waals surface area contributed by atoms with Crippen molar-refractivity contribution in [2.24, 2.45) is 0 Å². The summed E-state index contributed by atoms with van der Waals surface area (Å²) >= 11 is 0. The van der Waals surface area contributed by atoms with Crippen LogP contribution in [0.3, 0.4) is 0 Å². The number of carboxylic acid groups (broad SMARTS) is 1. The zero-order valence-electron chi connectivity index (χ0n) is 12.2. The topological polar surface area (TPSA) is 77.9 Å². The average molecular weight is 312 g/mol. The van der Waals surface area contributed by atoms with E-state index in [-0.39, 0.29) is 17.4 Å². The van der Waals surface area contributed by atoms with Crippen molar-refractivity contribution in [1.82, 2.24) is 9.21 Å². The first-order valence-corrected chi connectivity index (χ1v) is 8.41. The molecule has 1 unspecified atom stereocenters. The minimum atomic E-state index is -3.42. The van der Waals surface area contributed by atoms with E-state index >= 15 is 0 Å². The molecular weight excluding hydrogens is 292 g/mol. The van der Waals surface area contributed by atoms with E-state index in [1.807, 2.05) is 14.0 Å². The van der Waals surface area contributed by atoms with Crippen molar-refractivity contribution in [2.45, 2.75) is 18.7 Å². The van der Waals surface area contributed by atoms with Gasteiger partial charge in [0.15, 0.2) is 0 Å². The van der Waals surface area contributed by atoms with Crippen molar-refractivity contribution in [2.75, 3.05) is 26.7 Å². The van der Waals surface area contributed by atoms with Crippen LogP contribution in [-0.2, 0) is 15.8 Å². The van der Waals surface area contributed by atoms with Gasteiger partial charge in [-0.25, -0.2) is 13.2 Å². The van der Waals surface area contributed by atoms with Crippen molar-refractivity contribution in [3.8, 4) is 0 Å². The molecule has 1 aliphatic rings. The number of nitrogens with zero attached hydrogens (tertiary/aromatic N) is 2. The lowest BCUT2D eigenvalue weighted by Gasteiger charge is -2.36. The Morgan fingerprint density at radius 1 is 1.38 bits per heavy atom. The second-order valence-electron chi connectivity index (χ2n) is 5.45. The van der Waals surface area contributed by atoms with E-state index in [0.29, 0.717) is 25.2 Å². The van der Waals surface area contributed by atoms with E-state index in [0.717, 1.165) is 0 Å². The number of piperazine rings is 1. The highest BCUT2D eigenvalue weighted by molar-refractivity contribution is 7.88. The van der Waals surface area contributed by atoms with Crippen LogP contribution >= 0.6 is 0 Å². The Balaban J connectivity index is 2.14. The number of carboxylic acids is 1. The number of sulfonamides is 1. The van der Waals surface area contributed by atoms with Gasteiger partial charge in [0, 0.05) is 25.7 Å². The lowest BCUT2D eigenvalue weighted by atomic mass is 10.1. The highest BCUT2D eigenvalue weighted by Crippen LogP contribution is 2.16. The Labute approximate surface area is 125 Å². The molecule has 21 heavy (non-hydrogen) atoms. The number of likely N-dealkylation sites (N-methyl/N-ethyl adjacent to an activating group) is 1. The van der Waals surface area contributed by atoms with Gasteiger partial charge in [0.1, 0.15) is 0 Å². The largest absolute Gasteiger partial charge is 0.478 e. The lowest BCUT2D eigenvalue weighted by molar-refractivity contribution is 0.0696. The molecule has 0 aromatic heterocycles. The van der Waals surface area contributed by atoms with Crippen LogP contribution < -0.4 is 0 Å². The van der Waals surface area contributed by atoms with Crippen LogP contribution in [0.5, 0.6) is 0 Å². The number of carbonyl (C=O) groups is 1. The van der Waals surface area contributed by atoms with Crippen molar-refractivity contribution in [3.63, 3.8) is 0 Å². The second-order valence-corrected chi connectivity index (χ2v) is 7.42. The van der Waals surface area contributed by atoms with Crippen LogP contribution in [0.15, 0.2) is 24.3 Å². The Bertz CT molecular complexity index is 630. The fraction of sp³-hybridized carbons (Fsp3) is 0.500. The van der Waals surface area contributed by atoms with Crippen LogP contribution in [0.1, 0.15) is 22.8 Å². The Morgan fingerprint density at radius 2 is 2.10 bits per heavy atom. The summed E-state index contributed by atoms with van der Waals surface area (Å²) in [5, 5.41) is 8.95. The molecule has 0 spiro atoms. The summed E-state index contributed by atoms with van der Waals surface area (Å²) in [6.07, 6.45) is 0. The molecule has 0 amide bonds. The van der Waals surface area contributed by atoms with Gasteiger partial charge in [0.25, 0.3) is 0 Å². The summed E-state index contributed by atoms with van der Waals surface area (Å²) < 4.78 is 26.4. The van der Waals surface area contributed by atoms with Gasteiger partial charge in [-0.3, -0.25) is 0 Å². The summed E-state index contributed by atoms with van der Waals surface area (Å²) in [6.45, 7) is 3.64. The molecule has 1 saturated heterocycles. The fourth-order valence-corrected chi connectivity index (χ4v) is 3.95. The van der Waals surface area contributed by atoms with Crippen molar-refractivity contribution in [1.29, 1.82) is 0 Å². The van der Waals surface area contributed by atoms with Crippen LogP contribution in [0.2, 0.25) is 0 Å². The first-order valence-electron chi connectivity index (χ1n) is 6.80. The van der Waals surface area contributed by atoms with Crippen LogP contribution in [0.25, 0.3) is 0 Å². The Morgan fingerprint density at radius 3 is 2.71 bits per heavy atom. The molecule has 1 aliphatic heterocycles. The van der Waals surface area contributed by atoms with Crippen LogP contribution in [0, 0.1) is 0 Å². The molecule has 1 atom stereocenters. The molecule has 0 bridgehead atoms. The molecule has 6 nitrogen and oxygen atoms in total. The van der Waals surface area contributed by atoms with E-state index in [1.165, 1.54) is 16.4 Å². The van der Waals surface area contributed by atoms with Gasteiger partial charge in [-0.1, -0.05) is 12.1 Å². The van der Waals surface area contributed by atoms with Crippen LogP contribution in [0.4, 0.5) is 0 Å². The normalized spacial score (nSPS) is 21.3. The highest BCUT2D eigenvalue weighted by Gasteiger charge is 2.29. The molecule has 1 N–H and O–H groups in total. The molecule has 1 aromatic rings. The second kappa shape index (κ2) is 6.13. The number of hydrogen-bond acceptors (Lipinski definition) is 4. The molecule has 2 rings (SSSR count). The number of aromatic carboxylic acids is 1. The third-order valence-electron chi connectivity index (χ3n) is 3.84. The third-order valence-corrected chi connectivity index (χ3v) is 5.66. The Hall–Kier alpha value is -1.44. The van der Waals surface area contributed by atoms with Gasteiger partial charge >= 0.3 is 5.97 Å². The molecule has 0 radical (unpaired) electrons. The zero-order valence-corrected chi connectivity index (χ0v) is 13.0. The molecular formula is C14H20N2O4S. The summed E-state index contributed by atoms with van der Waals surface area (Å²) in [5.74, 6) is -1.22. The van der Waals surface area contributed by atoms with Crippen molar-refractivity contribution >= 4 is 16.0 Å². The maximum Gasteiger partial charge on any atom is 0.335 e. The van der Waals surface area contributed by atoms with E-state index in [9.17, 15) is 13.2 Å². The first kappa shape index (κ1) is 15.9. The molecule has 7 heteroatoms. The summed E-state index contributed by atoms with van der Waals surface area (Å²) in [4.78, 5) is 13.1. The Kier molecular flexibility index (Phi) is 4.65. The number of rotatable bonds is 4. The summed E-state index contributed by atoms with van der Waals surface area (Å²) in [7, 11) is -1.44. The highest BCUT2D eigenvalue weighted by atomic mass is 32.2. The fourth-order valence-electron chi connectivity index (χ4n) is 2.36. The quantitative estimate of drug-likeness (QED) is 0.892. The van der Waals surface area contributed by atoms with Crippen molar-refractivity contribution < 1.29 is 18.3 Å². The number of hydrogen-bond donors (Lipinski definition) is 1. The average Bonchev–Trinajstić information content (AvgIpc) is 2.41. The van der Waals surface area contributed by atoms with Crippen LogP contribution in [-0.4, -0.2) is 61.4 Å². The van der Waals surface area contributed by atoms with E-state index < -0.39 is 16.0 Å². The smallest absolute Gasteiger partial charge is 0.335 e. The standard InChI is InChI=1S/C14H20N2O4S/c1-11-9-16(7-6-15(11)2)21(19,20)10-12-4-3-5-13(8-12)14(17)18/h3-5,8,11H,6-7,9-10H2,1-2H3,(H,17,18). The lowest BCUT2D eigenvalue weighted by Crippen LogP contribution is -2.52. The van der Waals surface area contributed by atoms with E-state index in [1.54, 1.807) is 12.1 Å². The van der Waals surface area contributed by atoms with Gasteiger partial charge in [-0.15, -0.1) is 0 Å². The SMILES string of the molecule is CC1CN(S(=O)(=O)Cc2cccc(C(=O)O)c2)CCN1C. The van der Waals surface area contributed by atoms with Gasteiger partial charge in [-0.2, -0.15) is 4.31 Å². The van der Waals surface area contributed by atoms with Gasteiger partial charge in [0.2, 0.25) is 10.0 Å².